The molecular weight excluding hydrogens is 150 g/mol. The van der Waals surface area contributed by atoms with Crippen LogP contribution in [0.15, 0.2) is 6.20 Å². The molecule has 0 amide bonds. The van der Waals surface area contributed by atoms with Crippen LogP contribution in [-0.4, -0.2) is 33.1 Å². The minimum absolute atomic E-state index is 0.126. The molecule has 0 spiro atoms. The molecule has 0 bridgehead atoms. The van der Waals surface area contributed by atoms with Crippen LogP contribution in [0.2, 0.25) is 0 Å². The van der Waals surface area contributed by atoms with Crippen molar-refractivity contribution in [3.8, 4) is 0 Å². The first-order valence-electron chi connectivity index (χ1n) is 2.87. The van der Waals surface area contributed by atoms with E-state index in [1.165, 1.54) is 6.20 Å². The number of carbonyl (C=O) groups is 1. The Labute approximate surface area is 61.9 Å². The van der Waals surface area contributed by atoms with Gasteiger partial charge in [-0.2, -0.15) is 5.10 Å². The van der Waals surface area contributed by atoms with E-state index in [2.05, 4.69) is 15.5 Å². The van der Waals surface area contributed by atoms with Crippen LogP contribution in [0.3, 0.4) is 0 Å². The summed E-state index contributed by atoms with van der Waals surface area (Å²) in [5, 5.41) is 25.1. The molecule has 0 saturated heterocycles. The van der Waals surface area contributed by atoms with Crippen molar-refractivity contribution in [3.63, 3.8) is 0 Å². The highest BCUT2D eigenvalue weighted by Gasteiger charge is 2.11. The van der Waals surface area contributed by atoms with Crippen LogP contribution in [0.1, 0.15) is 10.5 Å². The van der Waals surface area contributed by atoms with E-state index in [1.807, 2.05) is 0 Å². The second-order valence-corrected chi connectivity index (χ2v) is 1.79. The number of aliphatic hydroxyl groups is 1. The maximum absolute atomic E-state index is 10.4. The van der Waals surface area contributed by atoms with Crippen molar-refractivity contribution in [1.82, 2.24) is 10.2 Å². The number of hydrogen-bond donors (Lipinski definition) is 4. The molecule has 1 aromatic heterocycles. The molecule has 6 heteroatoms. The zero-order valence-corrected chi connectivity index (χ0v) is 5.53. The molecular formula is C5H7N3O3. The number of H-pyrrole nitrogens is 1. The number of nitrogens with one attached hydrogen (secondary N) is 2. The minimum Gasteiger partial charge on any atom is -0.476 e. The van der Waals surface area contributed by atoms with E-state index in [0.29, 0.717) is 0 Å². The third kappa shape index (κ3) is 1.47. The summed E-state index contributed by atoms with van der Waals surface area (Å²) in [6, 6.07) is 0. The van der Waals surface area contributed by atoms with Crippen molar-refractivity contribution in [3.05, 3.63) is 11.9 Å². The van der Waals surface area contributed by atoms with Crippen molar-refractivity contribution in [1.29, 1.82) is 0 Å². The zero-order valence-electron chi connectivity index (χ0n) is 5.53. The second kappa shape index (κ2) is 3.02. The number of aromatic nitrogens is 2. The summed E-state index contributed by atoms with van der Waals surface area (Å²) in [6.45, 7) is -0.320. The highest BCUT2D eigenvalue weighted by molar-refractivity contribution is 5.91. The van der Waals surface area contributed by atoms with Gasteiger partial charge in [-0.1, -0.05) is 0 Å². The monoisotopic (exact) mass is 157 g/mol. The molecule has 0 unspecified atom stereocenters. The maximum atomic E-state index is 10.4. The number of carboxylic acids is 1. The van der Waals surface area contributed by atoms with Crippen molar-refractivity contribution < 1.29 is 15.0 Å². The van der Waals surface area contributed by atoms with Crippen LogP contribution in [0.25, 0.3) is 0 Å². The van der Waals surface area contributed by atoms with Gasteiger partial charge in [0.1, 0.15) is 6.73 Å². The fourth-order valence-electron chi connectivity index (χ4n) is 0.673. The Hall–Kier alpha value is -1.56. The fourth-order valence-corrected chi connectivity index (χ4v) is 0.673. The lowest BCUT2D eigenvalue weighted by atomic mass is 10.4. The number of carboxylic acid groups (broad SMARTS) is 1. The standard InChI is InChI=1S/C5H7N3O3/c9-2-6-3-1-7-8-4(3)5(10)11/h1,6,9H,2H2,(H,7,8)(H,10,11). The Bertz CT molecular complexity index is 257. The first-order chi connectivity index (χ1) is 5.25. The number of hydrogen-bond acceptors (Lipinski definition) is 4. The summed E-state index contributed by atoms with van der Waals surface area (Å²) >= 11 is 0. The Morgan fingerprint density at radius 3 is 3.09 bits per heavy atom. The van der Waals surface area contributed by atoms with Gasteiger partial charge in [-0.15, -0.1) is 0 Å². The lowest BCUT2D eigenvalue weighted by Gasteiger charge is -1.97. The van der Waals surface area contributed by atoms with Gasteiger partial charge in [0, 0.05) is 6.20 Å². The summed E-state index contributed by atoms with van der Waals surface area (Å²) in [5.74, 6) is -1.14. The maximum Gasteiger partial charge on any atom is 0.358 e. The largest absolute Gasteiger partial charge is 0.476 e. The van der Waals surface area contributed by atoms with Gasteiger partial charge in [0.05, 0.1) is 5.69 Å². The van der Waals surface area contributed by atoms with E-state index < -0.39 is 5.97 Å². The molecule has 0 aliphatic heterocycles. The Morgan fingerprint density at radius 1 is 1.82 bits per heavy atom. The zero-order chi connectivity index (χ0) is 8.27. The Balaban J connectivity index is 2.87. The number of anilines is 1. The van der Waals surface area contributed by atoms with Crippen LogP contribution in [0.4, 0.5) is 5.69 Å². The smallest absolute Gasteiger partial charge is 0.358 e. The van der Waals surface area contributed by atoms with Crippen molar-refractivity contribution in [2.45, 2.75) is 0 Å². The number of aromatic amines is 1. The lowest BCUT2D eigenvalue weighted by Crippen LogP contribution is -2.05. The quantitative estimate of drug-likeness (QED) is 0.442. The topological polar surface area (TPSA) is 98.2 Å². The lowest BCUT2D eigenvalue weighted by molar-refractivity contribution is 0.0691. The number of rotatable bonds is 3. The van der Waals surface area contributed by atoms with Gasteiger partial charge in [0.2, 0.25) is 0 Å². The summed E-state index contributed by atoms with van der Waals surface area (Å²) < 4.78 is 0. The summed E-state index contributed by atoms with van der Waals surface area (Å²) in [4.78, 5) is 10.4. The molecule has 0 fully saturated rings. The van der Waals surface area contributed by atoms with E-state index in [1.54, 1.807) is 0 Å². The highest BCUT2D eigenvalue weighted by atomic mass is 16.4. The third-order valence-corrected chi connectivity index (χ3v) is 1.11. The second-order valence-electron chi connectivity index (χ2n) is 1.79. The molecule has 1 rings (SSSR count). The minimum atomic E-state index is -1.14. The molecule has 0 atom stereocenters. The first-order valence-corrected chi connectivity index (χ1v) is 2.87. The molecule has 0 aliphatic rings. The summed E-state index contributed by atoms with van der Waals surface area (Å²) in [7, 11) is 0. The van der Waals surface area contributed by atoms with E-state index in [-0.39, 0.29) is 18.1 Å². The van der Waals surface area contributed by atoms with Crippen LogP contribution in [0.5, 0.6) is 0 Å². The molecule has 6 nitrogen and oxygen atoms in total. The molecule has 0 radical (unpaired) electrons. The summed E-state index contributed by atoms with van der Waals surface area (Å²) in [5.41, 5.74) is 0.152. The van der Waals surface area contributed by atoms with Crippen LogP contribution < -0.4 is 5.32 Å². The fraction of sp³-hybridized carbons (Fsp3) is 0.200. The molecule has 0 aromatic carbocycles. The SMILES string of the molecule is O=C(O)c1n[nH]cc1NCO. The van der Waals surface area contributed by atoms with E-state index in [4.69, 9.17) is 10.2 Å². The normalized spacial score (nSPS) is 9.55. The average Bonchev–Trinajstić information content (AvgIpc) is 2.36. The molecule has 0 aliphatic carbocycles. The number of nitrogens with zero attached hydrogens (tertiary/aromatic N) is 1. The van der Waals surface area contributed by atoms with Gasteiger partial charge in [-0.05, 0) is 0 Å². The molecule has 11 heavy (non-hydrogen) atoms. The molecule has 1 heterocycles. The molecule has 0 saturated carbocycles. The van der Waals surface area contributed by atoms with Crippen molar-refractivity contribution >= 4 is 11.7 Å². The molecule has 60 valence electrons. The van der Waals surface area contributed by atoms with Crippen molar-refractivity contribution in [2.24, 2.45) is 0 Å². The third-order valence-electron chi connectivity index (χ3n) is 1.11. The van der Waals surface area contributed by atoms with Gasteiger partial charge in [-0.25, -0.2) is 4.79 Å². The van der Waals surface area contributed by atoms with E-state index in [9.17, 15) is 4.79 Å². The molecule has 4 N–H and O–H groups in total. The average molecular weight is 157 g/mol. The Morgan fingerprint density at radius 2 is 2.55 bits per heavy atom. The molecule has 1 aromatic rings. The predicted octanol–water partition coefficient (Wildman–Crippen LogP) is -0.530. The van der Waals surface area contributed by atoms with Gasteiger partial charge < -0.3 is 15.5 Å². The van der Waals surface area contributed by atoms with Crippen LogP contribution in [-0.2, 0) is 0 Å². The Kier molecular flexibility index (Phi) is 2.07. The van der Waals surface area contributed by atoms with Crippen LogP contribution in [0, 0.1) is 0 Å². The number of aromatic carboxylic acids is 1. The van der Waals surface area contributed by atoms with Gasteiger partial charge >= 0.3 is 5.97 Å². The van der Waals surface area contributed by atoms with Crippen molar-refractivity contribution in [2.75, 3.05) is 12.0 Å². The van der Waals surface area contributed by atoms with Crippen LogP contribution >= 0.6 is 0 Å². The first kappa shape index (κ1) is 7.55. The van der Waals surface area contributed by atoms with E-state index >= 15 is 0 Å². The van der Waals surface area contributed by atoms with Gasteiger partial charge in [0.25, 0.3) is 0 Å². The summed E-state index contributed by atoms with van der Waals surface area (Å²) in [6.07, 6.45) is 1.36. The predicted molar refractivity (Wildman–Crippen MR) is 36.3 cm³/mol. The van der Waals surface area contributed by atoms with E-state index in [0.717, 1.165) is 0 Å². The highest BCUT2D eigenvalue weighted by Crippen LogP contribution is 2.09. The number of aliphatic hydroxyl groups excluding tert-OH is 1. The van der Waals surface area contributed by atoms with Gasteiger partial charge in [-0.3, -0.25) is 5.10 Å². The van der Waals surface area contributed by atoms with Gasteiger partial charge in [0.15, 0.2) is 5.69 Å².